The summed E-state index contributed by atoms with van der Waals surface area (Å²) in [7, 11) is 0. The van der Waals surface area contributed by atoms with Crippen LogP contribution in [0.1, 0.15) is 30.5 Å². The van der Waals surface area contributed by atoms with Crippen LogP contribution in [0.15, 0.2) is 231 Å². The molecule has 1 aliphatic rings. The van der Waals surface area contributed by atoms with Gasteiger partial charge in [-0.2, -0.15) is 0 Å². The van der Waals surface area contributed by atoms with Crippen molar-refractivity contribution in [2.45, 2.75) is 26.2 Å². The first kappa shape index (κ1) is 38.5. The van der Waals surface area contributed by atoms with E-state index < -0.39 is 0 Å². The topological polar surface area (TPSA) is 11.4 Å². The van der Waals surface area contributed by atoms with Crippen LogP contribution in [0.4, 0.5) is 34.1 Å². The van der Waals surface area contributed by atoms with Gasteiger partial charge < -0.3 is 14.4 Å². The number of aromatic nitrogens is 1. The number of anilines is 6. The van der Waals surface area contributed by atoms with Gasteiger partial charge >= 0.3 is 0 Å². The van der Waals surface area contributed by atoms with Gasteiger partial charge in [0.15, 0.2) is 0 Å². The zero-order valence-electron chi connectivity index (χ0n) is 36.8. The van der Waals surface area contributed by atoms with E-state index in [1.807, 2.05) is 0 Å². The second-order valence-electron chi connectivity index (χ2n) is 17.9. The van der Waals surface area contributed by atoms with Crippen molar-refractivity contribution in [1.29, 1.82) is 0 Å². The largest absolute Gasteiger partial charge is 0.310 e. The Hall–Kier alpha value is -8.14. The number of aryl methyl sites for hydroxylation is 1. The first-order valence-electron chi connectivity index (χ1n) is 22.6. The Morgan fingerprint density at radius 2 is 0.954 bits per heavy atom. The summed E-state index contributed by atoms with van der Waals surface area (Å²) in [6, 6.07) is 84.7. The van der Waals surface area contributed by atoms with E-state index in [4.69, 9.17) is 0 Å². The van der Waals surface area contributed by atoms with Crippen LogP contribution in [-0.4, -0.2) is 4.57 Å². The zero-order chi connectivity index (χ0) is 43.6. The van der Waals surface area contributed by atoms with E-state index in [1.54, 1.807) is 0 Å². The SMILES string of the molecule is Cc1ccc(N(c2ccccc2)c2ccc(N(c3ccccc3)c3ccc4c(c3)C(C)(C)c3ccccc3-4)cc2-c2ccc3c(c2)c2ccccc2n3-c2cccc3ccccc23)cc1. The van der Waals surface area contributed by atoms with Gasteiger partial charge in [0.05, 0.1) is 22.4 Å². The predicted molar refractivity (Wildman–Crippen MR) is 275 cm³/mol. The maximum Gasteiger partial charge on any atom is 0.0541 e. The second kappa shape index (κ2) is 15.3. The smallest absolute Gasteiger partial charge is 0.0541 e. The van der Waals surface area contributed by atoms with E-state index >= 15 is 0 Å². The Labute approximate surface area is 380 Å². The molecule has 310 valence electrons. The molecular formula is C62H47N3. The van der Waals surface area contributed by atoms with Gasteiger partial charge in [0.25, 0.3) is 0 Å². The molecule has 3 heteroatoms. The van der Waals surface area contributed by atoms with E-state index in [0.717, 1.165) is 45.3 Å². The average molecular weight is 834 g/mol. The summed E-state index contributed by atoms with van der Waals surface area (Å²) in [4.78, 5) is 4.83. The molecule has 0 atom stereocenters. The maximum atomic E-state index is 2.45. The molecule has 1 aliphatic carbocycles. The molecule has 0 radical (unpaired) electrons. The lowest BCUT2D eigenvalue weighted by atomic mass is 9.82. The molecule has 0 fully saturated rings. The lowest BCUT2D eigenvalue weighted by molar-refractivity contribution is 0.660. The average Bonchev–Trinajstić information content (AvgIpc) is 3.80. The maximum absolute atomic E-state index is 2.45. The van der Waals surface area contributed by atoms with Crippen LogP contribution in [0.3, 0.4) is 0 Å². The van der Waals surface area contributed by atoms with Gasteiger partial charge in [-0.15, -0.1) is 0 Å². The number of para-hydroxylation sites is 3. The van der Waals surface area contributed by atoms with Crippen molar-refractivity contribution in [3.8, 4) is 27.9 Å². The van der Waals surface area contributed by atoms with Gasteiger partial charge in [-0.3, -0.25) is 0 Å². The summed E-state index contributed by atoms with van der Waals surface area (Å²) >= 11 is 0. The van der Waals surface area contributed by atoms with Gasteiger partial charge in [0.1, 0.15) is 0 Å². The quantitative estimate of drug-likeness (QED) is 0.151. The third-order valence-corrected chi connectivity index (χ3v) is 13.6. The minimum absolute atomic E-state index is 0.135. The van der Waals surface area contributed by atoms with E-state index in [1.165, 1.54) is 66.1 Å². The summed E-state index contributed by atoms with van der Waals surface area (Å²) in [5, 5.41) is 4.89. The van der Waals surface area contributed by atoms with E-state index in [9.17, 15) is 0 Å². The van der Waals surface area contributed by atoms with Gasteiger partial charge in [0.2, 0.25) is 0 Å². The summed E-state index contributed by atoms with van der Waals surface area (Å²) in [5.41, 5.74) is 18.9. The standard InChI is InChI=1S/C62H47N3/c1-42-29-32-47(33-30-42)64(46-21-8-5-9-22-46)60-38-35-48(63(45-19-6-4-7-20-45)49-34-36-52-51-24-12-14-26-56(51)62(2,3)57(52)41-49)40-54(60)44-31-37-61-55(39-44)53-25-13-15-27-59(53)65(61)58-28-16-18-43-17-10-11-23-50(43)58/h4-41H,1-3H3. The highest BCUT2D eigenvalue weighted by Gasteiger charge is 2.36. The first-order valence-corrected chi connectivity index (χ1v) is 22.6. The fourth-order valence-corrected chi connectivity index (χ4v) is 10.4. The van der Waals surface area contributed by atoms with Crippen molar-refractivity contribution in [3.63, 3.8) is 0 Å². The molecule has 0 N–H and O–H groups in total. The summed E-state index contributed by atoms with van der Waals surface area (Å²) in [6.45, 7) is 6.87. The summed E-state index contributed by atoms with van der Waals surface area (Å²) in [6.07, 6.45) is 0. The summed E-state index contributed by atoms with van der Waals surface area (Å²) < 4.78 is 2.45. The van der Waals surface area contributed by atoms with Crippen LogP contribution in [0.2, 0.25) is 0 Å². The van der Waals surface area contributed by atoms with Gasteiger partial charge in [-0.1, -0.05) is 159 Å². The second-order valence-corrected chi connectivity index (χ2v) is 17.9. The molecule has 0 amide bonds. The van der Waals surface area contributed by atoms with Crippen LogP contribution in [-0.2, 0) is 5.41 Å². The Morgan fingerprint density at radius 1 is 0.369 bits per heavy atom. The van der Waals surface area contributed by atoms with Crippen molar-refractivity contribution in [2.75, 3.05) is 9.80 Å². The lowest BCUT2D eigenvalue weighted by Crippen LogP contribution is -2.17. The fraction of sp³-hybridized carbons (Fsp3) is 0.0645. The number of fused-ring (bicyclic) bond motifs is 7. The highest BCUT2D eigenvalue weighted by atomic mass is 15.2. The third kappa shape index (κ3) is 6.34. The molecule has 0 bridgehead atoms. The van der Waals surface area contributed by atoms with Crippen molar-refractivity contribution in [1.82, 2.24) is 4.57 Å². The van der Waals surface area contributed by atoms with Crippen molar-refractivity contribution >= 4 is 66.7 Å². The number of hydrogen-bond acceptors (Lipinski definition) is 2. The predicted octanol–water partition coefficient (Wildman–Crippen LogP) is 17.2. The number of benzene rings is 10. The van der Waals surface area contributed by atoms with Crippen LogP contribution >= 0.6 is 0 Å². The van der Waals surface area contributed by atoms with Gasteiger partial charge in [-0.25, -0.2) is 0 Å². The lowest BCUT2D eigenvalue weighted by Gasteiger charge is -2.31. The highest BCUT2D eigenvalue weighted by Crippen LogP contribution is 2.52. The highest BCUT2D eigenvalue weighted by molar-refractivity contribution is 6.12. The van der Waals surface area contributed by atoms with Crippen LogP contribution in [0.5, 0.6) is 0 Å². The number of rotatable bonds is 8. The van der Waals surface area contributed by atoms with Crippen molar-refractivity contribution < 1.29 is 0 Å². The van der Waals surface area contributed by atoms with E-state index in [2.05, 4.69) is 266 Å². The minimum atomic E-state index is -0.135. The fourth-order valence-electron chi connectivity index (χ4n) is 10.4. The Kier molecular flexibility index (Phi) is 9.06. The Balaban J connectivity index is 1.11. The molecule has 65 heavy (non-hydrogen) atoms. The molecule has 0 saturated carbocycles. The minimum Gasteiger partial charge on any atom is -0.310 e. The summed E-state index contributed by atoms with van der Waals surface area (Å²) in [5.74, 6) is 0. The molecule has 12 rings (SSSR count). The van der Waals surface area contributed by atoms with Crippen LogP contribution in [0.25, 0.3) is 60.5 Å². The first-order chi connectivity index (χ1) is 31.9. The van der Waals surface area contributed by atoms with Crippen molar-refractivity contribution in [2.24, 2.45) is 0 Å². The Morgan fingerprint density at radius 3 is 1.75 bits per heavy atom. The molecule has 0 unspecified atom stereocenters. The van der Waals surface area contributed by atoms with Gasteiger partial charge in [-0.05, 0) is 131 Å². The van der Waals surface area contributed by atoms with E-state index in [0.29, 0.717) is 0 Å². The molecule has 10 aromatic carbocycles. The number of hydrogen-bond donors (Lipinski definition) is 0. The van der Waals surface area contributed by atoms with Crippen LogP contribution < -0.4 is 9.80 Å². The monoisotopic (exact) mass is 833 g/mol. The molecule has 0 aliphatic heterocycles. The molecule has 0 saturated heterocycles. The molecule has 3 nitrogen and oxygen atoms in total. The Bertz CT molecular complexity index is 3580. The van der Waals surface area contributed by atoms with Gasteiger partial charge in [0, 0.05) is 55.6 Å². The molecule has 0 spiro atoms. The normalized spacial score (nSPS) is 12.7. The molecule has 11 aromatic rings. The van der Waals surface area contributed by atoms with Crippen molar-refractivity contribution in [3.05, 3.63) is 247 Å². The van der Waals surface area contributed by atoms with E-state index in [-0.39, 0.29) is 5.41 Å². The van der Waals surface area contributed by atoms with Crippen LogP contribution in [0, 0.1) is 6.92 Å². The number of nitrogens with zero attached hydrogens (tertiary/aromatic N) is 3. The molecule has 1 heterocycles. The third-order valence-electron chi connectivity index (χ3n) is 13.6. The molecule has 1 aromatic heterocycles. The molecular weight excluding hydrogens is 787 g/mol. The zero-order valence-corrected chi connectivity index (χ0v) is 36.8.